The van der Waals surface area contributed by atoms with E-state index in [0.717, 1.165) is 30.7 Å². The van der Waals surface area contributed by atoms with Gasteiger partial charge < -0.3 is 5.32 Å². The smallest absolute Gasteiger partial charge is 0.0762 e. The highest BCUT2D eigenvalue weighted by atomic mass is 15.4. The van der Waals surface area contributed by atoms with Crippen molar-refractivity contribution in [3.8, 4) is 0 Å². The van der Waals surface area contributed by atoms with E-state index in [4.69, 9.17) is 0 Å². The van der Waals surface area contributed by atoms with Gasteiger partial charge in [0.25, 0.3) is 0 Å². The quantitative estimate of drug-likeness (QED) is 0.905. The number of nitrogens with zero attached hydrogens (tertiary/aromatic N) is 3. The van der Waals surface area contributed by atoms with Crippen LogP contribution >= 0.6 is 0 Å². The molecule has 0 aromatic carbocycles. The van der Waals surface area contributed by atoms with Crippen LogP contribution in [0.2, 0.25) is 0 Å². The Bertz CT molecular complexity index is 471. The van der Waals surface area contributed by atoms with Crippen molar-refractivity contribution in [2.75, 3.05) is 7.05 Å². The SMILES string of the molecule is CCCn1nncc1C(NC)C12CC3CC(CC(C3)C1)C2. The van der Waals surface area contributed by atoms with Gasteiger partial charge in [-0.15, -0.1) is 5.10 Å². The predicted octanol–water partition coefficient (Wildman–Crippen LogP) is 3.17. The van der Waals surface area contributed by atoms with Gasteiger partial charge in [0.2, 0.25) is 0 Å². The molecule has 5 rings (SSSR count). The molecule has 1 unspecified atom stereocenters. The van der Waals surface area contributed by atoms with Gasteiger partial charge in [-0.25, -0.2) is 4.68 Å². The van der Waals surface area contributed by atoms with E-state index < -0.39 is 0 Å². The zero-order chi connectivity index (χ0) is 14.4. The fourth-order valence-corrected chi connectivity index (χ4v) is 6.17. The molecule has 0 saturated heterocycles. The van der Waals surface area contributed by atoms with Crippen LogP contribution in [0.3, 0.4) is 0 Å². The summed E-state index contributed by atoms with van der Waals surface area (Å²) in [4.78, 5) is 0. The summed E-state index contributed by atoms with van der Waals surface area (Å²) in [7, 11) is 2.13. The van der Waals surface area contributed by atoms with Crippen molar-refractivity contribution in [3.63, 3.8) is 0 Å². The molecule has 1 atom stereocenters. The fraction of sp³-hybridized carbons (Fsp3) is 0.882. The van der Waals surface area contributed by atoms with Gasteiger partial charge >= 0.3 is 0 Å². The Morgan fingerprint density at radius 3 is 2.38 bits per heavy atom. The van der Waals surface area contributed by atoms with Crippen LogP contribution < -0.4 is 5.32 Å². The second-order valence-electron chi connectivity index (χ2n) is 7.88. The molecule has 0 amide bonds. The first-order chi connectivity index (χ1) is 10.2. The summed E-state index contributed by atoms with van der Waals surface area (Å²) in [6.07, 6.45) is 11.9. The summed E-state index contributed by atoms with van der Waals surface area (Å²) in [5.41, 5.74) is 1.79. The molecule has 4 aliphatic rings. The molecule has 0 spiro atoms. The topological polar surface area (TPSA) is 42.7 Å². The van der Waals surface area contributed by atoms with Crippen LogP contribution in [0.25, 0.3) is 0 Å². The second-order valence-corrected chi connectivity index (χ2v) is 7.88. The van der Waals surface area contributed by atoms with Gasteiger partial charge in [-0.1, -0.05) is 12.1 Å². The zero-order valence-electron chi connectivity index (χ0n) is 13.4. The minimum absolute atomic E-state index is 0.437. The molecule has 1 aromatic rings. The summed E-state index contributed by atoms with van der Waals surface area (Å²) in [5, 5.41) is 12.2. The first-order valence-corrected chi connectivity index (χ1v) is 8.79. The monoisotopic (exact) mass is 288 g/mol. The molecule has 0 radical (unpaired) electrons. The third-order valence-corrected chi connectivity index (χ3v) is 6.37. The Morgan fingerprint density at radius 1 is 1.24 bits per heavy atom. The highest BCUT2D eigenvalue weighted by molar-refractivity contribution is 5.14. The van der Waals surface area contributed by atoms with Crippen LogP contribution in [-0.2, 0) is 6.54 Å². The van der Waals surface area contributed by atoms with E-state index in [9.17, 15) is 0 Å². The molecule has 4 fully saturated rings. The van der Waals surface area contributed by atoms with Gasteiger partial charge in [-0.2, -0.15) is 0 Å². The van der Waals surface area contributed by atoms with Crippen LogP contribution in [0, 0.1) is 23.2 Å². The molecular weight excluding hydrogens is 260 g/mol. The van der Waals surface area contributed by atoms with Gasteiger partial charge in [0.05, 0.1) is 17.9 Å². The number of aryl methyl sites for hydroxylation is 1. The first-order valence-electron chi connectivity index (χ1n) is 8.79. The Kier molecular flexibility index (Phi) is 3.32. The normalized spacial score (nSPS) is 38.9. The number of nitrogens with one attached hydrogen (secondary N) is 1. The van der Waals surface area contributed by atoms with Crippen molar-refractivity contribution in [1.29, 1.82) is 0 Å². The van der Waals surface area contributed by atoms with Gasteiger partial charge in [0.15, 0.2) is 0 Å². The van der Waals surface area contributed by atoms with E-state index >= 15 is 0 Å². The van der Waals surface area contributed by atoms with Gasteiger partial charge in [-0.3, -0.25) is 0 Å². The Morgan fingerprint density at radius 2 is 1.86 bits per heavy atom. The van der Waals surface area contributed by atoms with Crippen LogP contribution in [-0.4, -0.2) is 22.0 Å². The zero-order valence-corrected chi connectivity index (χ0v) is 13.4. The number of rotatable bonds is 5. The van der Waals surface area contributed by atoms with Crippen molar-refractivity contribution in [2.24, 2.45) is 23.2 Å². The third-order valence-electron chi connectivity index (χ3n) is 6.37. The molecule has 116 valence electrons. The molecular formula is C17H28N4. The average Bonchev–Trinajstić information content (AvgIpc) is 2.86. The molecule has 21 heavy (non-hydrogen) atoms. The summed E-state index contributed by atoms with van der Waals surface area (Å²) < 4.78 is 2.14. The van der Waals surface area contributed by atoms with E-state index in [1.54, 1.807) is 0 Å². The van der Waals surface area contributed by atoms with Gasteiger partial charge in [0.1, 0.15) is 0 Å². The maximum atomic E-state index is 4.33. The maximum absolute atomic E-state index is 4.33. The van der Waals surface area contributed by atoms with Gasteiger partial charge in [0, 0.05) is 6.54 Å². The van der Waals surface area contributed by atoms with Crippen LogP contribution in [0.5, 0.6) is 0 Å². The van der Waals surface area contributed by atoms with E-state index in [0.29, 0.717) is 11.5 Å². The van der Waals surface area contributed by atoms with Crippen LogP contribution in [0.1, 0.15) is 63.6 Å². The lowest BCUT2D eigenvalue weighted by molar-refractivity contribution is -0.0750. The summed E-state index contributed by atoms with van der Waals surface area (Å²) in [6, 6.07) is 0.437. The minimum Gasteiger partial charge on any atom is -0.311 e. The lowest BCUT2D eigenvalue weighted by Gasteiger charge is -2.59. The highest BCUT2D eigenvalue weighted by Crippen LogP contribution is 2.63. The molecule has 4 nitrogen and oxygen atoms in total. The number of hydrogen-bond acceptors (Lipinski definition) is 3. The summed E-state index contributed by atoms with van der Waals surface area (Å²) in [5.74, 6) is 2.97. The molecule has 1 N–H and O–H groups in total. The van der Waals surface area contributed by atoms with Crippen molar-refractivity contribution in [2.45, 2.75) is 64.5 Å². The van der Waals surface area contributed by atoms with E-state index in [2.05, 4.69) is 34.3 Å². The van der Waals surface area contributed by atoms with Crippen LogP contribution in [0.15, 0.2) is 6.20 Å². The minimum atomic E-state index is 0.437. The largest absolute Gasteiger partial charge is 0.311 e. The molecule has 4 bridgehead atoms. The lowest BCUT2D eigenvalue weighted by Crippen LogP contribution is -2.51. The Balaban J connectivity index is 1.67. The van der Waals surface area contributed by atoms with Gasteiger partial charge in [-0.05, 0) is 75.2 Å². The van der Waals surface area contributed by atoms with Crippen molar-refractivity contribution in [1.82, 2.24) is 20.3 Å². The molecule has 4 heteroatoms. The highest BCUT2D eigenvalue weighted by Gasteiger charge is 2.54. The lowest BCUT2D eigenvalue weighted by atomic mass is 9.47. The second kappa shape index (κ2) is 5.08. The van der Waals surface area contributed by atoms with E-state index in [-0.39, 0.29) is 0 Å². The average molecular weight is 288 g/mol. The maximum Gasteiger partial charge on any atom is 0.0762 e. The van der Waals surface area contributed by atoms with Crippen molar-refractivity contribution < 1.29 is 0 Å². The fourth-order valence-electron chi connectivity index (χ4n) is 6.17. The third kappa shape index (κ3) is 2.14. The number of hydrogen-bond donors (Lipinski definition) is 1. The molecule has 0 aliphatic heterocycles. The van der Waals surface area contributed by atoms with Crippen molar-refractivity contribution >= 4 is 0 Å². The molecule has 4 aliphatic carbocycles. The first kappa shape index (κ1) is 13.7. The van der Waals surface area contributed by atoms with E-state index in [1.165, 1.54) is 44.2 Å². The standard InChI is InChI=1S/C17H28N4/c1-3-4-21-15(11-19-20-21)16(18-2)17-8-12-5-13(9-17)7-14(6-12)10-17/h11-14,16,18H,3-10H2,1-2H3. The van der Waals surface area contributed by atoms with E-state index in [1.807, 2.05) is 6.20 Å². The Hall–Kier alpha value is -0.900. The predicted molar refractivity (Wildman–Crippen MR) is 82.7 cm³/mol. The van der Waals surface area contributed by atoms with Crippen LogP contribution in [0.4, 0.5) is 0 Å². The van der Waals surface area contributed by atoms with Crippen molar-refractivity contribution in [3.05, 3.63) is 11.9 Å². The number of aromatic nitrogens is 3. The molecule has 1 aromatic heterocycles. The summed E-state index contributed by atoms with van der Waals surface area (Å²) in [6.45, 7) is 3.20. The molecule has 1 heterocycles. The molecule has 4 saturated carbocycles. The Labute approximate surface area is 127 Å². The summed E-state index contributed by atoms with van der Waals surface area (Å²) >= 11 is 0.